The minimum Gasteiger partial charge on any atom is -0.472 e. The van der Waals surface area contributed by atoms with Crippen molar-refractivity contribution in [2.45, 2.75) is 45.8 Å². The molecule has 0 aliphatic heterocycles. The van der Waals surface area contributed by atoms with E-state index in [1.54, 1.807) is 12.5 Å². The van der Waals surface area contributed by atoms with Gasteiger partial charge in [-0.05, 0) is 38.6 Å². The standard InChI is InChI=1S/C13H23NO2/c1-5-14(6-2)13(3,4)12(15)9-11-7-8-16-10-11/h7-8,10,12,15H,5-6,9H2,1-4H3. The van der Waals surface area contributed by atoms with Crippen molar-refractivity contribution in [3.63, 3.8) is 0 Å². The zero-order valence-electron chi connectivity index (χ0n) is 10.7. The van der Waals surface area contributed by atoms with E-state index < -0.39 is 0 Å². The molecule has 3 heteroatoms. The molecule has 3 nitrogen and oxygen atoms in total. The minimum atomic E-state index is -0.384. The van der Waals surface area contributed by atoms with Crippen molar-refractivity contribution >= 4 is 0 Å². The molecule has 0 saturated carbocycles. The average molecular weight is 225 g/mol. The highest BCUT2D eigenvalue weighted by atomic mass is 16.3. The number of furan rings is 1. The van der Waals surface area contributed by atoms with E-state index in [4.69, 9.17) is 4.42 Å². The van der Waals surface area contributed by atoms with E-state index >= 15 is 0 Å². The predicted octanol–water partition coefficient (Wildman–Crippen LogP) is 2.30. The molecule has 0 fully saturated rings. The Morgan fingerprint density at radius 3 is 2.44 bits per heavy atom. The minimum absolute atomic E-state index is 0.208. The third-order valence-corrected chi connectivity index (χ3v) is 3.40. The molecule has 1 unspecified atom stereocenters. The van der Waals surface area contributed by atoms with E-state index in [2.05, 4.69) is 32.6 Å². The van der Waals surface area contributed by atoms with Crippen LogP contribution in [0.4, 0.5) is 0 Å². The van der Waals surface area contributed by atoms with Gasteiger partial charge in [-0.25, -0.2) is 0 Å². The summed E-state index contributed by atoms with van der Waals surface area (Å²) in [4.78, 5) is 2.28. The van der Waals surface area contributed by atoms with Crippen LogP contribution in [0, 0.1) is 0 Å². The molecule has 0 aromatic carbocycles. The first kappa shape index (κ1) is 13.3. The summed E-state index contributed by atoms with van der Waals surface area (Å²) in [5.41, 5.74) is 0.841. The Morgan fingerprint density at radius 1 is 1.38 bits per heavy atom. The number of aliphatic hydroxyl groups is 1. The smallest absolute Gasteiger partial charge is 0.0935 e. The highest BCUT2D eigenvalue weighted by molar-refractivity contribution is 5.09. The van der Waals surface area contributed by atoms with Gasteiger partial charge in [0.05, 0.1) is 18.6 Å². The van der Waals surface area contributed by atoms with Gasteiger partial charge in [0.25, 0.3) is 0 Å². The average Bonchev–Trinajstić information content (AvgIpc) is 2.71. The Labute approximate surface area is 98.1 Å². The lowest BCUT2D eigenvalue weighted by Gasteiger charge is -2.41. The van der Waals surface area contributed by atoms with Crippen LogP contribution in [0.25, 0.3) is 0 Å². The maximum absolute atomic E-state index is 10.3. The van der Waals surface area contributed by atoms with E-state index in [1.807, 2.05) is 6.07 Å². The van der Waals surface area contributed by atoms with Crippen LogP contribution < -0.4 is 0 Å². The first-order chi connectivity index (χ1) is 7.52. The van der Waals surface area contributed by atoms with Gasteiger partial charge in [-0.15, -0.1) is 0 Å². The second kappa shape index (κ2) is 5.51. The zero-order valence-corrected chi connectivity index (χ0v) is 10.7. The third kappa shape index (κ3) is 2.86. The molecule has 0 saturated heterocycles. The number of hydrogen-bond acceptors (Lipinski definition) is 3. The molecule has 1 heterocycles. The molecule has 0 spiro atoms. The van der Waals surface area contributed by atoms with Crippen molar-refractivity contribution in [3.05, 3.63) is 24.2 Å². The molecule has 92 valence electrons. The van der Waals surface area contributed by atoms with Gasteiger partial charge in [0, 0.05) is 12.0 Å². The van der Waals surface area contributed by atoms with E-state index in [-0.39, 0.29) is 11.6 Å². The van der Waals surface area contributed by atoms with Crippen molar-refractivity contribution in [2.24, 2.45) is 0 Å². The first-order valence-electron chi connectivity index (χ1n) is 5.96. The molecular weight excluding hydrogens is 202 g/mol. The number of aliphatic hydroxyl groups excluding tert-OH is 1. The lowest BCUT2D eigenvalue weighted by atomic mass is 9.90. The van der Waals surface area contributed by atoms with E-state index in [1.165, 1.54) is 0 Å². The van der Waals surface area contributed by atoms with Crippen LogP contribution in [-0.2, 0) is 6.42 Å². The predicted molar refractivity (Wildman–Crippen MR) is 65.4 cm³/mol. The number of rotatable bonds is 6. The van der Waals surface area contributed by atoms with Crippen molar-refractivity contribution in [3.8, 4) is 0 Å². The monoisotopic (exact) mass is 225 g/mol. The second-order valence-electron chi connectivity index (χ2n) is 4.68. The molecular formula is C13H23NO2. The maximum Gasteiger partial charge on any atom is 0.0935 e. The van der Waals surface area contributed by atoms with Crippen LogP contribution in [0.2, 0.25) is 0 Å². The van der Waals surface area contributed by atoms with Crippen LogP contribution in [0.3, 0.4) is 0 Å². The van der Waals surface area contributed by atoms with Crippen LogP contribution in [0.5, 0.6) is 0 Å². The van der Waals surface area contributed by atoms with Crippen molar-refractivity contribution < 1.29 is 9.52 Å². The molecule has 0 amide bonds. The van der Waals surface area contributed by atoms with Gasteiger partial charge in [0.15, 0.2) is 0 Å². The van der Waals surface area contributed by atoms with Gasteiger partial charge in [0.1, 0.15) is 0 Å². The normalized spacial score (nSPS) is 14.4. The number of nitrogens with zero attached hydrogens (tertiary/aromatic N) is 1. The SMILES string of the molecule is CCN(CC)C(C)(C)C(O)Cc1ccoc1. The molecule has 0 radical (unpaired) electrons. The summed E-state index contributed by atoms with van der Waals surface area (Å²) in [6, 6.07) is 1.90. The van der Waals surface area contributed by atoms with Crippen LogP contribution in [-0.4, -0.2) is 34.7 Å². The van der Waals surface area contributed by atoms with Gasteiger partial charge in [-0.1, -0.05) is 13.8 Å². The lowest BCUT2D eigenvalue weighted by Crippen LogP contribution is -2.53. The van der Waals surface area contributed by atoms with Crippen LogP contribution >= 0.6 is 0 Å². The van der Waals surface area contributed by atoms with Crippen LogP contribution in [0.1, 0.15) is 33.3 Å². The summed E-state index contributed by atoms with van der Waals surface area (Å²) in [6.45, 7) is 10.3. The highest BCUT2D eigenvalue weighted by Gasteiger charge is 2.32. The zero-order chi connectivity index (χ0) is 12.2. The van der Waals surface area contributed by atoms with Crippen molar-refractivity contribution in [1.82, 2.24) is 4.90 Å². The summed E-state index contributed by atoms with van der Waals surface area (Å²) in [5, 5.41) is 10.3. The van der Waals surface area contributed by atoms with E-state index in [0.717, 1.165) is 18.7 Å². The molecule has 1 atom stereocenters. The van der Waals surface area contributed by atoms with Crippen molar-refractivity contribution in [2.75, 3.05) is 13.1 Å². The first-order valence-corrected chi connectivity index (χ1v) is 5.96. The van der Waals surface area contributed by atoms with Gasteiger partial charge < -0.3 is 9.52 Å². The lowest BCUT2D eigenvalue weighted by molar-refractivity contribution is -0.00421. The Hall–Kier alpha value is -0.800. The van der Waals surface area contributed by atoms with Gasteiger partial charge in [-0.3, -0.25) is 4.90 Å². The quantitative estimate of drug-likeness (QED) is 0.807. The van der Waals surface area contributed by atoms with Gasteiger partial charge in [-0.2, -0.15) is 0 Å². The van der Waals surface area contributed by atoms with E-state index in [0.29, 0.717) is 6.42 Å². The summed E-state index contributed by atoms with van der Waals surface area (Å²) in [5.74, 6) is 0. The summed E-state index contributed by atoms with van der Waals surface area (Å²) in [6.07, 6.45) is 3.60. The van der Waals surface area contributed by atoms with Gasteiger partial charge >= 0.3 is 0 Å². The topological polar surface area (TPSA) is 36.6 Å². The Balaban J connectivity index is 2.67. The Morgan fingerprint density at radius 2 is 2.00 bits per heavy atom. The molecule has 1 aromatic heterocycles. The Kier molecular flexibility index (Phi) is 4.56. The van der Waals surface area contributed by atoms with Crippen LogP contribution in [0.15, 0.2) is 23.0 Å². The van der Waals surface area contributed by atoms with Gasteiger partial charge in [0.2, 0.25) is 0 Å². The fourth-order valence-electron chi connectivity index (χ4n) is 2.13. The number of hydrogen-bond donors (Lipinski definition) is 1. The van der Waals surface area contributed by atoms with E-state index in [9.17, 15) is 5.11 Å². The third-order valence-electron chi connectivity index (χ3n) is 3.40. The fraction of sp³-hybridized carbons (Fsp3) is 0.692. The largest absolute Gasteiger partial charge is 0.472 e. The number of likely N-dealkylation sites (N-methyl/N-ethyl adjacent to an activating group) is 1. The summed E-state index contributed by atoms with van der Waals surface area (Å²) < 4.78 is 5.02. The maximum atomic E-state index is 10.3. The fourth-order valence-corrected chi connectivity index (χ4v) is 2.13. The molecule has 16 heavy (non-hydrogen) atoms. The highest BCUT2D eigenvalue weighted by Crippen LogP contribution is 2.21. The molecule has 0 aliphatic rings. The summed E-state index contributed by atoms with van der Waals surface area (Å²) >= 11 is 0. The molecule has 1 N–H and O–H groups in total. The molecule has 1 rings (SSSR count). The Bertz CT molecular complexity index is 289. The second-order valence-corrected chi connectivity index (χ2v) is 4.68. The molecule has 0 bridgehead atoms. The molecule has 1 aromatic rings. The summed E-state index contributed by atoms with van der Waals surface area (Å²) in [7, 11) is 0. The molecule has 0 aliphatic carbocycles. The van der Waals surface area contributed by atoms with Crippen molar-refractivity contribution in [1.29, 1.82) is 0 Å².